The van der Waals surface area contributed by atoms with E-state index in [9.17, 15) is 13.2 Å². The van der Waals surface area contributed by atoms with Gasteiger partial charge in [-0.05, 0) is 19.0 Å². The maximum Gasteiger partial charge on any atom is 0.410 e. The van der Waals surface area contributed by atoms with Gasteiger partial charge in [0.25, 0.3) is 0 Å². The minimum Gasteiger partial charge on any atom is -0.415 e. The average molecular weight is 187 g/mol. The molecular formula is C5H12F3NOSi. The Hall–Kier alpha value is -0.0731. The summed E-state index contributed by atoms with van der Waals surface area (Å²) in [4.78, 5) is 0. The van der Waals surface area contributed by atoms with Crippen LogP contribution in [0.15, 0.2) is 0 Å². The van der Waals surface area contributed by atoms with Crippen LogP contribution in [0.25, 0.3) is 0 Å². The van der Waals surface area contributed by atoms with Crippen molar-refractivity contribution in [3.8, 4) is 0 Å². The van der Waals surface area contributed by atoms with Crippen molar-refractivity contribution in [1.29, 1.82) is 0 Å². The Morgan fingerprint density at radius 3 is 2.45 bits per heavy atom. The van der Waals surface area contributed by atoms with Crippen LogP contribution in [0.5, 0.6) is 0 Å². The predicted molar refractivity (Wildman–Crippen MR) is 39.0 cm³/mol. The monoisotopic (exact) mass is 187 g/mol. The molecule has 2 nitrogen and oxygen atoms in total. The van der Waals surface area contributed by atoms with Crippen molar-refractivity contribution >= 4 is 9.76 Å². The van der Waals surface area contributed by atoms with E-state index in [2.05, 4.69) is 4.43 Å². The van der Waals surface area contributed by atoms with E-state index in [0.717, 1.165) is 12.5 Å². The van der Waals surface area contributed by atoms with Gasteiger partial charge in [0.1, 0.15) is 6.61 Å². The van der Waals surface area contributed by atoms with Gasteiger partial charge in [-0.25, -0.2) is 0 Å². The highest BCUT2D eigenvalue weighted by Crippen LogP contribution is 2.14. The van der Waals surface area contributed by atoms with Crippen LogP contribution in [0.4, 0.5) is 13.2 Å². The molecule has 0 aliphatic heterocycles. The van der Waals surface area contributed by atoms with Crippen molar-refractivity contribution < 1.29 is 17.6 Å². The molecule has 0 saturated heterocycles. The summed E-state index contributed by atoms with van der Waals surface area (Å²) < 4.78 is 38.8. The van der Waals surface area contributed by atoms with Crippen LogP contribution in [-0.4, -0.2) is 29.1 Å². The molecule has 0 atom stereocenters. The molecule has 0 rings (SSSR count). The predicted octanol–water partition coefficient (Wildman–Crippen LogP) is 0.416. The smallest absolute Gasteiger partial charge is 0.410 e. The van der Waals surface area contributed by atoms with E-state index >= 15 is 0 Å². The van der Waals surface area contributed by atoms with Gasteiger partial charge in [-0.15, -0.1) is 0 Å². The summed E-state index contributed by atoms with van der Waals surface area (Å²) in [5.41, 5.74) is 5.14. The van der Waals surface area contributed by atoms with Gasteiger partial charge in [-0.2, -0.15) is 13.2 Å². The summed E-state index contributed by atoms with van der Waals surface area (Å²) in [7, 11) is -0.979. The molecule has 0 aliphatic carbocycles. The summed E-state index contributed by atoms with van der Waals surface area (Å²) in [6.07, 6.45) is -3.40. The lowest BCUT2D eigenvalue weighted by molar-refractivity contribution is -0.153. The van der Waals surface area contributed by atoms with Gasteiger partial charge in [0.05, 0.1) is 0 Å². The van der Waals surface area contributed by atoms with Crippen LogP contribution in [0.2, 0.25) is 6.04 Å². The largest absolute Gasteiger partial charge is 0.415 e. The molecule has 0 heterocycles. The number of rotatable bonds is 5. The van der Waals surface area contributed by atoms with E-state index in [1.807, 2.05) is 0 Å². The molecule has 0 aromatic carbocycles. The lowest BCUT2D eigenvalue weighted by Gasteiger charge is -2.06. The maximum atomic E-state index is 11.4. The third-order valence-electron chi connectivity index (χ3n) is 1.01. The van der Waals surface area contributed by atoms with Gasteiger partial charge < -0.3 is 10.2 Å². The van der Waals surface area contributed by atoms with Gasteiger partial charge in [0.2, 0.25) is 0 Å². The molecule has 0 fully saturated rings. The fourth-order valence-corrected chi connectivity index (χ4v) is 1.61. The molecule has 0 aromatic rings. The van der Waals surface area contributed by atoms with E-state index in [0.29, 0.717) is 6.54 Å². The first-order valence-electron chi connectivity index (χ1n) is 3.41. The van der Waals surface area contributed by atoms with Crippen LogP contribution in [0.1, 0.15) is 6.42 Å². The van der Waals surface area contributed by atoms with Crippen molar-refractivity contribution in [3.05, 3.63) is 0 Å². The highest BCUT2D eigenvalue weighted by molar-refractivity contribution is 6.26. The first kappa shape index (κ1) is 10.9. The molecule has 11 heavy (non-hydrogen) atoms. The average Bonchev–Trinajstić information content (AvgIpc) is 1.85. The Morgan fingerprint density at radius 1 is 1.36 bits per heavy atom. The van der Waals surface area contributed by atoms with Crippen LogP contribution in [-0.2, 0) is 4.43 Å². The minimum absolute atomic E-state index is 0.530. The quantitative estimate of drug-likeness (QED) is 0.500. The molecule has 0 amide bonds. The standard InChI is InChI=1S/C5H12F3NOSi/c6-5(7,8)4-10-11-3-1-2-9/h1-4,9,11H2. The van der Waals surface area contributed by atoms with Crippen molar-refractivity contribution in [2.45, 2.75) is 18.6 Å². The fourth-order valence-electron chi connectivity index (χ4n) is 0.536. The van der Waals surface area contributed by atoms with Gasteiger partial charge in [0, 0.05) is 0 Å². The summed E-state index contributed by atoms with van der Waals surface area (Å²) in [6.45, 7) is -0.563. The molecule has 6 heteroatoms. The molecule has 0 saturated carbocycles. The van der Waals surface area contributed by atoms with Crippen LogP contribution in [0, 0.1) is 0 Å². The molecule has 0 unspecified atom stereocenters. The zero-order chi connectivity index (χ0) is 8.74. The van der Waals surface area contributed by atoms with Crippen LogP contribution >= 0.6 is 0 Å². The van der Waals surface area contributed by atoms with Crippen LogP contribution < -0.4 is 5.73 Å². The van der Waals surface area contributed by atoms with Crippen LogP contribution in [0.3, 0.4) is 0 Å². The van der Waals surface area contributed by atoms with Crippen molar-refractivity contribution in [2.75, 3.05) is 13.2 Å². The number of nitrogens with two attached hydrogens (primary N) is 1. The summed E-state index contributed by atoms with van der Waals surface area (Å²) in [5.74, 6) is 0. The SMILES string of the molecule is NCCC[SiH2]OCC(F)(F)F. The van der Waals surface area contributed by atoms with Crippen molar-refractivity contribution in [2.24, 2.45) is 5.73 Å². The molecule has 0 aliphatic rings. The summed E-state index contributed by atoms with van der Waals surface area (Å²) in [5, 5.41) is 0. The second kappa shape index (κ2) is 5.56. The Kier molecular flexibility index (Phi) is 5.52. The Bertz CT molecular complexity index is 98.2. The van der Waals surface area contributed by atoms with Crippen molar-refractivity contribution in [3.63, 3.8) is 0 Å². The second-order valence-corrected chi connectivity index (χ2v) is 3.69. The number of hydrogen-bond donors (Lipinski definition) is 1. The van der Waals surface area contributed by atoms with E-state index in [4.69, 9.17) is 5.73 Å². The fraction of sp³-hybridized carbons (Fsp3) is 1.00. The molecule has 68 valence electrons. The maximum absolute atomic E-state index is 11.4. The van der Waals surface area contributed by atoms with Gasteiger partial charge in [0.15, 0.2) is 9.76 Å². The molecule has 2 N–H and O–H groups in total. The van der Waals surface area contributed by atoms with E-state index < -0.39 is 22.5 Å². The Labute approximate surface area is 65.8 Å². The Balaban J connectivity index is 3.02. The van der Waals surface area contributed by atoms with Gasteiger partial charge >= 0.3 is 6.18 Å². The third-order valence-corrected chi connectivity index (χ3v) is 2.29. The molecular weight excluding hydrogens is 175 g/mol. The zero-order valence-corrected chi connectivity index (χ0v) is 7.57. The number of alkyl halides is 3. The lowest BCUT2D eigenvalue weighted by atomic mass is 10.5. The lowest BCUT2D eigenvalue weighted by Crippen LogP contribution is -2.18. The van der Waals surface area contributed by atoms with Crippen molar-refractivity contribution in [1.82, 2.24) is 0 Å². The highest BCUT2D eigenvalue weighted by Gasteiger charge is 2.26. The van der Waals surface area contributed by atoms with Gasteiger partial charge in [-0.3, -0.25) is 0 Å². The molecule has 0 spiro atoms. The summed E-state index contributed by atoms with van der Waals surface area (Å²) >= 11 is 0. The first-order valence-corrected chi connectivity index (χ1v) is 4.98. The Morgan fingerprint density at radius 2 is 2.00 bits per heavy atom. The molecule has 0 bridgehead atoms. The number of hydrogen-bond acceptors (Lipinski definition) is 2. The minimum atomic E-state index is -4.17. The summed E-state index contributed by atoms with van der Waals surface area (Å²) in [6, 6.07) is 0.729. The van der Waals surface area contributed by atoms with E-state index in [1.165, 1.54) is 0 Å². The second-order valence-electron chi connectivity index (χ2n) is 2.16. The topological polar surface area (TPSA) is 35.2 Å². The third kappa shape index (κ3) is 9.93. The first-order chi connectivity index (χ1) is 5.06. The molecule has 0 radical (unpaired) electrons. The molecule has 0 aromatic heterocycles. The van der Waals surface area contributed by atoms with E-state index in [1.54, 1.807) is 0 Å². The van der Waals surface area contributed by atoms with E-state index in [-0.39, 0.29) is 0 Å². The normalized spacial score (nSPS) is 13.1. The zero-order valence-electron chi connectivity index (χ0n) is 6.16. The van der Waals surface area contributed by atoms with Gasteiger partial charge in [-0.1, -0.05) is 0 Å². The highest BCUT2D eigenvalue weighted by atomic mass is 28.2. The number of halogens is 3.